The molecule has 4 N–H and O–H groups in total. The molecule has 382 valence electrons. The van der Waals surface area contributed by atoms with Gasteiger partial charge in [-0.15, -0.1) is 0 Å². The molecule has 14 nitrogen and oxygen atoms in total. The molecule has 4 amide bonds. The Kier molecular flexibility index (Phi) is 11.4. The Balaban J connectivity index is 0.797. The number of nitrogens with zero attached hydrogens (tertiary/aromatic N) is 5. The maximum absolute atomic E-state index is 17.0. The van der Waals surface area contributed by atoms with Crippen LogP contribution in [0.3, 0.4) is 0 Å². The number of halogens is 2. The zero-order chi connectivity index (χ0) is 51.4. The van der Waals surface area contributed by atoms with Crippen molar-refractivity contribution in [1.82, 2.24) is 35.4 Å². The number of rotatable bonds is 12. The average Bonchev–Trinajstić information content (AvgIpc) is 4.03. The highest BCUT2D eigenvalue weighted by Crippen LogP contribution is 2.59. The van der Waals surface area contributed by atoms with E-state index in [2.05, 4.69) is 38.9 Å². The van der Waals surface area contributed by atoms with E-state index in [1.54, 1.807) is 29.3 Å². The molecule has 4 heterocycles. The second-order valence-electron chi connectivity index (χ2n) is 22.4. The third-order valence-corrected chi connectivity index (χ3v) is 17.0. The Morgan fingerprint density at radius 2 is 1.58 bits per heavy atom. The van der Waals surface area contributed by atoms with Crippen molar-refractivity contribution < 1.29 is 37.8 Å². The highest BCUT2D eigenvalue weighted by molar-refractivity contribution is 6.13. The Morgan fingerprint density at radius 1 is 0.865 bits per heavy atom. The van der Waals surface area contributed by atoms with E-state index in [0.29, 0.717) is 53.3 Å². The molecule has 2 saturated carbocycles. The van der Waals surface area contributed by atoms with Crippen molar-refractivity contribution in [3.05, 3.63) is 143 Å². The van der Waals surface area contributed by atoms with Crippen LogP contribution in [0.5, 0.6) is 0 Å². The normalized spacial score (nSPS) is 25.8. The first-order valence-electron chi connectivity index (χ1n) is 26.0. The van der Waals surface area contributed by atoms with E-state index >= 15 is 8.78 Å². The topological polar surface area (TPSA) is 173 Å². The summed E-state index contributed by atoms with van der Waals surface area (Å²) in [6.07, 6.45) is 17.0. The van der Waals surface area contributed by atoms with Gasteiger partial charge in [0.1, 0.15) is 30.7 Å². The first-order chi connectivity index (χ1) is 35.5. The van der Waals surface area contributed by atoms with Gasteiger partial charge in [0, 0.05) is 35.2 Å². The highest BCUT2D eigenvalue weighted by Gasteiger charge is 2.57. The van der Waals surface area contributed by atoms with Gasteiger partial charge >= 0.3 is 12.2 Å². The standard InChI is InChI=1S/C58H60F2N8O6/c1-32(2)48(63-54(71)72)52(69)66-30-56(20-21-56)27-46(66)50-61-28-45(62-50)36-15-18-42-41-17-14-35(24-43(41)58(59,60)44(42)25-36)38-22-39-12-8-9-19-57(39)31-67(65-47(57)26-38)51-37-13-16-40(23-37)68(51)53(70)49(33(3)4)64-55(73)74-29-34-10-6-5-7-11-34/h5-12,14-15,17-19,22,24-26,28,32-33,37,40,46,48-49,51,63H,13,16,20-21,23,27,29-31H2,1-4H3,(H,61,62)(H,64,73)(H,71,72)/t37?,40?,46?,48?,49?,51-,57?/m1/s1. The predicted molar refractivity (Wildman–Crippen MR) is 274 cm³/mol. The summed E-state index contributed by atoms with van der Waals surface area (Å²) in [4.78, 5) is 65.1. The van der Waals surface area contributed by atoms with Gasteiger partial charge in [-0.05, 0) is 113 Å². The van der Waals surface area contributed by atoms with Crippen LogP contribution in [-0.4, -0.2) is 97.0 Å². The summed E-state index contributed by atoms with van der Waals surface area (Å²) in [6.45, 7) is 8.55. The van der Waals surface area contributed by atoms with Crippen LogP contribution in [0.25, 0.3) is 28.0 Å². The molecule has 74 heavy (non-hydrogen) atoms. The fourth-order valence-corrected chi connectivity index (χ4v) is 13.0. The summed E-state index contributed by atoms with van der Waals surface area (Å²) in [6, 6.07) is 17.6. The third kappa shape index (κ3) is 7.93. The molecule has 4 fully saturated rings. The maximum atomic E-state index is 17.0. The molecule has 3 aromatic carbocycles. The van der Waals surface area contributed by atoms with Crippen LogP contribution in [0.4, 0.5) is 18.4 Å². The van der Waals surface area contributed by atoms with E-state index in [-0.39, 0.29) is 64.9 Å². The minimum atomic E-state index is -3.32. The van der Waals surface area contributed by atoms with Gasteiger partial charge in [0.05, 0.1) is 35.6 Å². The summed E-state index contributed by atoms with van der Waals surface area (Å²) in [5.74, 6) is -3.52. The molecule has 2 bridgehead atoms. The van der Waals surface area contributed by atoms with Crippen LogP contribution < -0.4 is 10.6 Å². The number of hydrogen-bond donors (Lipinski definition) is 4. The SMILES string of the molecule is CC(C)C(NC(=O)O)C(=O)N1CC2(CC2)CC1c1ncc(-c2ccc3c(c2)C(F)(F)c2cc(C4=CC5=NN([C@H]6C7CCC(C7)N6C(=O)C(NC(=O)OCc6ccccc6)C(C)C)CC56C=CC=CC6=C4)ccc2-3)[nH]1. The number of aromatic amines is 1. The summed E-state index contributed by atoms with van der Waals surface area (Å²) < 4.78 is 39.5. The molecule has 16 heteroatoms. The number of imidazole rings is 1. The van der Waals surface area contributed by atoms with Crippen molar-refractivity contribution in [2.75, 3.05) is 13.1 Å². The molecule has 8 aliphatic rings. The third-order valence-electron chi connectivity index (χ3n) is 17.0. The molecular weight excluding hydrogens is 943 g/mol. The Hall–Kier alpha value is -7.36. The monoisotopic (exact) mass is 1000 g/mol. The molecule has 4 aromatic rings. The number of carbonyl (C=O) groups is 4. The number of piperidine rings is 1. The molecule has 7 atom stereocenters. The first kappa shape index (κ1) is 47.6. The molecule has 0 radical (unpaired) electrons. The predicted octanol–water partition coefficient (Wildman–Crippen LogP) is 9.94. The number of hydrazone groups is 1. The molecule has 6 unspecified atom stereocenters. The molecule has 2 spiro atoms. The van der Waals surface area contributed by atoms with Gasteiger partial charge in [0.15, 0.2) is 0 Å². The largest absolute Gasteiger partial charge is 0.465 e. The van der Waals surface area contributed by atoms with Gasteiger partial charge in [0.2, 0.25) is 11.8 Å². The van der Waals surface area contributed by atoms with Crippen LogP contribution in [0.15, 0.2) is 120 Å². The molecular formula is C58H60F2N8O6. The fraction of sp³-hybridized carbons (Fsp3) is 0.414. The molecule has 5 aliphatic carbocycles. The van der Waals surface area contributed by atoms with Crippen molar-refractivity contribution in [3.63, 3.8) is 0 Å². The second kappa shape index (κ2) is 17.7. The van der Waals surface area contributed by atoms with E-state index < -0.39 is 41.6 Å². The second-order valence-corrected chi connectivity index (χ2v) is 22.4. The van der Waals surface area contributed by atoms with Gasteiger partial charge in [-0.1, -0.05) is 107 Å². The molecule has 2 saturated heterocycles. The van der Waals surface area contributed by atoms with Gasteiger partial charge in [-0.25, -0.2) is 14.6 Å². The Bertz CT molecular complexity index is 3150. The lowest BCUT2D eigenvalue weighted by atomic mass is 9.69. The van der Waals surface area contributed by atoms with Crippen LogP contribution >= 0.6 is 0 Å². The van der Waals surface area contributed by atoms with E-state index in [4.69, 9.17) is 14.8 Å². The summed E-state index contributed by atoms with van der Waals surface area (Å²) in [5, 5.41) is 22.2. The van der Waals surface area contributed by atoms with Gasteiger partial charge in [-0.3, -0.25) is 14.6 Å². The number of aromatic nitrogens is 2. The molecule has 12 rings (SSSR count). The number of amides is 4. The van der Waals surface area contributed by atoms with E-state index in [1.807, 2.05) is 93.3 Å². The lowest BCUT2D eigenvalue weighted by Crippen LogP contribution is -2.59. The number of fused-ring (bicyclic) bond motifs is 5. The average molecular weight is 1000 g/mol. The van der Waals surface area contributed by atoms with E-state index in [1.165, 1.54) is 6.07 Å². The minimum absolute atomic E-state index is 0.0120. The lowest BCUT2D eigenvalue weighted by molar-refractivity contribution is -0.144. The minimum Gasteiger partial charge on any atom is -0.465 e. The van der Waals surface area contributed by atoms with Gasteiger partial charge < -0.3 is 35.3 Å². The van der Waals surface area contributed by atoms with Crippen LogP contribution in [-0.2, 0) is 26.9 Å². The number of H-pyrrole nitrogens is 1. The number of hydrogen-bond acceptors (Lipinski definition) is 8. The smallest absolute Gasteiger partial charge is 0.408 e. The Morgan fingerprint density at radius 3 is 2.30 bits per heavy atom. The van der Waals surface area contributed by atoms with Crippen molar-refractivity contribution in [1.29, 1.82) is 0 Å². The number of benzene rings is 3. The van der Waals surface area contributed by atoms with Crippen LogP contribution in [0, 0.1) is 28.6 Å². The highest BCUT2D eigenvalue weighted by atomic mass is 19.3. The van der Waals surface area contributed by atoms with E-state index in [9.17, 15) is 24.3 Å². The maximum Gasteiger partial charge on any atom is 0.408 e. The van der Waals surface area contributed by atoms with Crippen molar-refractivity contribution in [2.24, 2.45) is 33.7 Å². The zero-order valence-electron chi connectivity index (χ0n) is 41.9. The number of nitrogens with one attached hydrogen (secondary N) is 3. The Labute approximate surface area is 428 Å². The number of allylic oxidation sites excluding steroid dienone is 6. The summed E-state index contributed by atoms with van der Waals surface area (Å²) >= 11 is 0. The summed E-state index contributed by atoms with van der Waals surface area (Å²) in [5.41, 5.74) is 5.13. The number of likely N-dealkylation sites (tertiary alicyclic amines) is 2. The number of ether oxygens (including phenoxy) is 1. The number of carboxylic acid groups (broad SMARTS) is 1. The number of alkyl halides is 2. The van der Waals surface area contributed by atoms with Gasteiger partial charge in [-0.2, -0.15) is 13.9 Å². The molecule has 1 aromatic heterocycles. The van der Waals surface area contributed by atoms with Gasteiger partial charge in [0.25, 0.3) is 5.92 Å². The number of carbonyl (C=O) groups excluding carboxylic acids is 3. The van der Waals surface area contributed by atoms with E-state index in [0.717, 1.165) is 54.5 Å². The molecule has 3 aliphatic heterocycles. The zero-order valence-corrected chi connectivity index (χ0v) is 41.9. The van der Waals surface area contributed by atoms with Crippen molar-refractivity contribution >= 4 is 35.3 Å². The quantitative estimate of drug-likeness (QED) is 0.109. The summed E-state index contributed by atoms with van der Waals surface area (Å²) in [7, 11) is 0. The lowest BCUT2D eigenvalue weighted by Gasteiger charge is -2.42. The fourth-order valence-electron chi connectivity index (χ4n) is 13.0. The van der Waals surface area contributed by atoms with Crippen molar-refractivity contribution in [3.8, 4) is 22.4 Å². The number of alkyl carbamates (subject to hydrolysis) is 1. The van der Waals surface area contributed by atoms with Crippen molar-refractivity contribution in [2.45, 2.75) is 109 Å². The van der Waals surface area contributed by atoms with Crippen LogP contribution in [0.2, 0.25) is 0 Å². The first-order valence-corrected chi connectivity index (χ1v) is 26.0. The van der Waals surface area contributed by atoms with Crippen LogP contribution in [0.1, 0.15) is 100 Å².